The molecule has 1 atom stereocenters. The van der Waals surface area contributed by atoms with Crippen molar-refractivity contribution in [2.75, 3.05) is 24.5 Å². The molecule has 1 fully saturated rings. The molecule has 3 heterocycles. The van der Waals surface area contributed by atoms with Crippen LogP contribution in [0.25, 0.3) is 11.0 Å². The van der Waals surface area contributed by atoms with E-state index in [1.807, 2.05) is 48.5 Å². The zero-order chi connectivity index (χ0) is 27.0. The largest absolute Gasteiger partial charge is 0.366 e. The standard InChI is InChI=1S/C29H24Cl2N6O/c1-18-17-36(28-24(16-33)29(38)35(2)25-12-11-23(15-32)34-26(25)28)13-14-37(18)27(19-3-7-21(30)8-4-19)20-5-9-22(31)10-6-20/h3-12,18,27H,13-14,17H2,1-2H3/t18-/m1/s1. The Labute approximate surface area is 230 Å². The number of anilines is 1. The number of aromatic nitrogens is 2. The number of hydrogen-bond donors (Lipinski definition) is 0. The fourth-order valence-electron chi connectivity index (χ4n) is 5.29. The van der Waals surface area contributed by atoms with Crippen molar-refractivity contribution >= 4 is 39.9 Å². The molecule has 38 heavy (non-hydrogen) atoms. The zero-order valence-electron chi connectivity index (χ0n) is 20.9. The Kier molecular flexibility index (Phi) is 7.10. The molecule has 0 aliphatic carbocycles. The van der Waals surface area contributed by atoms with Crippen molar-refractivity contribution in [2.45, 2.75) is 19.0 Å². The summed E-state index contributed by atoms with van der Waals surface area (Å²) in [6.45, 7) is 3.93. The van der Waals surface area contributed by atoms with Crippen molar-refractivity contribution in [1.82, 2.24) is 14.5 Å². The maximum absolute atomic E-state index is 13.1. The minimum absolute atomic E-state index is 0.0372. The molecule has 0 radical (unpaired) electrons. The van der Waals surface area contributed by atoms with Crippen LogP contribution in [0.15, 0.2) is 65.5 Å². The Morgan fingerprint density at radius 1 is 0.921 bits per heavy atom. The summed E-state index contributed by atoms with van der Waals surface area (Å²) < 4.78 is 1.42. The summed E-state index contributed by atoms with van der Waals surface area (Å²) in [5.74, 6) is 0. The number of fused-ring (bicyclic) bond motifs is 1. The first-order valence-electron chi connectivity index (χ1n) is 12.2. The van der Waals surface area contributed by atoms with Crippen molar-refractivity contribution in [2.24, 2.45) is 7.05 Å². The van der Waals surface area contributed by atoms with Gasteiger partial charge in [0.2, 0.25) is 0 Å². The van der Waals surface area contributed by atoms with Crippen LogP contribution in [0.2, 0.25) is 10.0 Å². The first kappa shape index (κ1) is 25.8. The predicted molar refractivity (Wildman–Crippen MR) is 150 cm³/mol. The number of hydrogen-bond acceptors (Lipinski definition) is 6. The van der Waals surface area contributed by atoms with Gasteiger partial charge in [-0.05, 0) is 54.4 Å². The van der Waals surface area contributed by atoms with Gasteiger partial charge in [-0.15, -0.1) is 0 Å². The zero-order valence-corrected chi connectivity index (χ0v) is 22.4. The van der Waals surface area contributed by atoms with Gasteiger partial charge < -0.3 is 9.47 Å². The molecular weight excluding hydrogens is 519 g/mol. The molecule has 0 unspecified atom stereocenters. The van der Waals surface area contributed by atoms with E-state index < -0.39 is 0 Å². The van der Waals surface area contributed by atoms with Gasteiger partial charge in [0.25, 0.3) is 5.56 Å². The second-order valence-corrected chi connectivity index (χ2v) is 10.3. The molecule has 1 aliphatic rings. The molecule has 0 amide bonds. The first-order valence-corrected chi connectivity index (χ1v) is 12.9. The van der Waals surface area contributed by atoms with Crippen molar-refractivity contribution in [3.05, 3.63) is 103 Å². The van der Waals surface area contributed by atoms with E-state index in [1.54, 1.807) is 19.2 Å². The summed E-state index contributed by atoms with van der Waals surface area (Å²) in [5, 5.41) is 20.8. The van der Waals surface area contributed by atoms with Crippen molar-refractivity contribution in [3.8, 4) is 12.1 Å². The Morgan fingerprint density at radius 3 is 2.05 bits per heavy atom. The molecule has 1 aliphatic heterocycles. The molecule has 2 aromatic heterocycles. The van der Waals surface area contributed by atoms with Crippen LogP contribution >= 0.6 is 23.2 Å². The van der Waals surface area contributed by atoms with Crippen molar-refractivity contribution in [3.63, 3.8) is 0 Å². The van der Waals surface area contributed by atoms with E-state index in [-0.39, 0.29) is 28.9 Å². The van der Waals surface area contributed by atoms with Crippen LogP contribution in [0.3, 0.4) is 0 Å². The highest BCUT2D eigenvalue weighted by atomic mass is 35.5. The second-order valence-electron chi connectivity index (χ2n) is 9.41. The van der Waals surface area contributed by atoms with Gasteiger partial charge in [-0.1, -0.05) is 47.5 Å². The van der Waals surface area contributed by atoms with E-state index in [1.165, 1.54) is 4.57 Å². The molecule has 4 aromatic rings. The molecule has 0 bridgehead atoms. The van der Waals surface area contributed by atoms with Gasteiger partial charge in [0.15, 0.2) is 0 Å². The summed E-state index contributed by atoms with van der Waals surface area (Å²) in [5.41, 5.74) is 3.66. The van der Waals surface area contributed by atoms with Crippen molar-refractivity contribution < 1.29 is 0 Å². The molecule has 1 saturated heterocycles. The Hall–Kier alpha value is -3.88. The summed E-state index contributed by atoms with van der Waals surface area (Å²) in [6.07, 6.45) is 0. The highest BCUT2D eigenvalue weighted by molar-refractivity contribution is 6.30. The summed E-state index contributed by atoms with van der Waals surface area (Å²) in [7, 11) is 1.62. The van der Waals surface area contributed by atoms with E-state index in [0.717, 1.165) is 11.1 Å². The fraction of sp³-hybridized carbons (Fsp3) is 0.241. The lowest BCUT2D eigenvalue weighted by Crippen LogP contribution is -2.53. The van der Waals surface area contributed by atoms with Crippen LogP contribution < -0.4 is 10.5 Å². The highest BCUT2D eigenvalue weighted by Crippen LogP contribution is 2.35. The van der Waals surface area contributed by atoms with Gasteiger partial charge in [0, 0.05) is 42.8 Å². The van der Waals surface area contributed by atoms with E-state index in [0.29, 0.717) is 46.4 Å². The molecule has 0 spiro atoms. The third kappa shape index (κ3) is 4.61. The summed E-state index contributed by atoms with van der Waals surface area (Å²) in [6, 6.07) is 23.2. The van der Waals surface area contributed by atoms with Gasteiger partial charge in [-0.2, -0.15) is 10.5 Å². The second kappa shape index (κ2) is 10.5. The quantitative estimate of drug-likeness (QED) is 0.348. The molecule has 5 rings (SSSR count). The molecule has 0 saturated carbocycles. The molecule has 2 aromatic carbocycles. The maximum Gasteiger partial charge on any atom is 0.270 e. The van der Waals surface area contributed by atoms with Crippen LogP contribution in [0.4, 0.5) is 5.69 Å². The number of benzene rings is 2. The van der Waals surface area contributed by atoms with Crippen LogP contribution in [-0.2, 0) is 7.05 Å². The van der Waals surface area contributed by atoms with Gasteiger partial charge in [0.1, 0.15) is 28.9 Å². The molecule has 0 N–H and O–H groups in total. The summed E-state index contributed by atoms with van der Waals surface area (Å²) >= 11 is 12.4. The average molecular weight is 543 g/mol. The van der Waals surface area contributed by atoms with E-state index in [9.17, 15) is 15.3 Å². The molecular formula is C29H24Cl2N6O. The maximum atomic E-state index is 13.1. The SMILES string of the molecule is C[C@@H]1CN(c2c(C#N)c(=O)n(C)c3ccc(C#N)nc23)CCN1C(c1ccc(Cl)cc1)c1ccc(Cl)cc1. The van der Waals surface area contributed by atoms with Crippen LogP contribution in [-0.4, -0.2) is 40.1 Å². The Balaban J connectivity index is 1.56. The van der Waals surface area contributed by atoms with Gasteiger partial charge in [-0.25, -0.2) is 4.98 Å². The van der Waals surface area contributed by atoms with Crippen LogP contribution in [0.5, 0.6) is 0 Å². The lowest BCUT2D eigenvalue weighted by atomic mass is 9.94. The monoisotopic (exact) mass is 542 g/mol. The fourth-order valence-corrected chi connectivity index (χ4v) is 5.54. The number of rotatable bonds is 4. The number of pyridine rings is 2. The van der Waals surface area contributed by atoms with Crippen LogP contribution in [0.1, 0.15) is 35.3 Å². The lowest BCUT2D eigenvalue weighted by molar-refractivity contribution is 0.150. The highest BCUT2D eigenvalue weighted by Gasteiger charge is 2.34. The third-order valence-corrected chi connectivity index (χ3v) is 7.64. The normalized spacial score (nSPS) is 16.0. The molecule has 190 valence electrons. The van der Waals surface area contributed by atoms with Crippen LogP contribution in [0, 0.1) is 22.7 Å². The Morgan fingerprint density at radius 2 is 1.53 bits per heavy atom. The molecule has 9 heteroatoms. The topological polar surface area (TPSA) is 88.9 Å². The predicted octanol–water partition coefficient (Wildman–Crippen LogP) is 5.28. The molecule has 7 nitrogen and oxygen atoms in total. The van der Waals surface area contributed by atoms with Gasteiger partial charge in [0.05, 0.1) is 17.2 Å². The average Bonchev–Trinajstić information content (AvgIpc) is 2.93. The summed E-state index contributed by atoms with van der Waals surface area (Å²) in [4.78, 5) is 22.1. The number of nitriles is 2. The number of nitrogens with zero attached hydrogens (tertiary/aromatic N) is 6. The first-order chi connectivity index (χ1) is 18.3. The third-order valence-electron chi connectivity index (χ3n) is 7.14. The number of aryl methyl sites for hydroxylation is 1. The number of piperazine rings is 1. The van der Waals surface area contributed by atoms with E-state index in [4.69, 9.17) is 23.2 Å². The minimum Gasteiger partial charge on any atom is -0.366 e. The van der Waals surface area contributed by atoms with E-state index >= 15 is 0 Å². The van der Waals surface area contributed by atoms with Gasteiger partial charge >= 0.3 is 0 Å². The number of halogens is 2. The lowest BCUT2D eigenvalue weighted by Gasteiger charge is -2.45. The van der Waals surface area contributed by atoms with E-state index in [2.05, 4.69) is 33.8 Å². The van der Waals surface area contributed by atoms with Gasteiger partial charge in [-0.3, -0.25) is 9.69 Å². The Bertz CT molecular complexity index is 1610. The minimum atomic E-state index is -0.378. The van der Waals surface area contributed by atoms with Crippen molar-refractivity contribution in [1.29, 1.82) is 10.5 Å². The smallest absolute Gasteiger partial charge is 0.270 e.